The molecule has 0 bridgehead atoms. The molecule has 1 N–H and O–H groups in total. The number of ether oxygens (including phenoxy) is 3. The van der Waals surface area contributed by atoms with Gasteiger partial charge < -0.3 is 29.1 Å². The first-order valence-corrected chi connectivity index (χ1v) is 11.2. The molecular formula is C23H31F3N2O6. The Morgan fingerprint density at radius 2 is 1.79 bits per heavy atom. The van der Waals surface area contributed by atoms with Gasteiger partial charge in [-0.05, 0) is 43.5 Å². The summed E-state index contributed by atoms with van der Waals surface area (Å²) < 4.78 is 48.6. The maximum Gasteiger partial charge on any atom is 0.490 e. The van der Waals surface area contributed by atoms with E-state index in [0.717, 1.165) is 57.8 Å². The first kappa shape index (κ1) is 26.1. The Morgan fingerprint density at radius 3 is 2.38 bits per heavy atom. The van der Waals surface area contributed by atoms with E-state index in [0.29, 0.717) is 30.4 Å². The number of likely N-dealkylation sites (tertiary alicyclic amines) is 2. The van der Waals surface area contributed by atoms with Crippen molar-refractivity contribution < 1.29 is 42.1 Å². The monoisotopic (exact) mass is 488 g/mol. The summed E-state index contributed by atoms with van der Waals surface area (Å²) in [5.41, 5.74) is 0.971. The fraction of sp³-hybridized carbons (Fsp3) is 0.652. The molecule has 1 aromatic rings. The zero-order valence-electron chi connectivity index (χ0n) is 19.4. The predicted molar refractivity (Wildman–Crippen MR) is 116 cm³/mol. The molecule has 1 amide bonds. The minimum Gasteiger partial charge on any atom is -0.490 e. The second-order valence-electron chi connectivity index (χ2n) is 9.02. The lowest BCUT2D eigenvalue weighted by atomic mass is 9.71. The van der Waals surface area contributed by atoms with Crippen molar-refractivity contribution in [3.63, 3.8) is 0 Å². The predicted octanol–water partition coefficient (Wildman–Crippen LogP) is 2.91. The number of aliphatic carboxylic acids is 1. The smallest absolute Gasteiger partial charge is 0.490 e. The summed E-state index contributed by atoms with van der Waals surface area (Å²) in [7, 11) is 3.97. The van der Waals surface area contributed by atoms with E-state index >= 15 is 0 Å². The van der Waals surface area contributed by atoms with Gasteiger partial charge in [-0.3, -0.25) is 4.79 Å². The van der Waals surface area contributed by atoms with Gasteiger partial charge in [0.05, 0.1) is 19.8 Å². The van der Waals surface area contributed by atoms with E-state index in [9.17, 15) is 18.0 Å². The largest absolute Gasteiger partial charge is 0.490 e. The lowest BCUT2D eigenvalue weighted by Gasteiger charge is -2.42. The van der Waals surface area contributed by atoms with E-state index in [1.54, 1.807) is 7.11 Å². The maximum absolute atomic E-state index is 13.0. The average Bonchev–Trinajstić information content (AvgIpc) is 2.94. The summed E-state index contributed by atoms with van der Waals surface area (Å²) in [5, 5.41) is 7.12. The van der Waals surface area contributed by atoms with Crippen LogP contribution in [0.2, 0.25) is 0 Å². The molecule has 34 heavy (non-hydrogen) atoms. The van der Waals surface area contributed by atoms with Crippen molar-refractivity contribution in [3.8, 4) is 11.5 Å². The Balaban J connectivity index is 0.000000406. The van der Waals surface area contributed by atoms with Gasteiger partial charge in [-0.2, -0.15) is 13.2 Å². The van der Waals surface area contributed by atoms with E-state index < -0.39 is 12.1 Å². The van der Waals surface area contributed by atoms with Crippen LogP contribution in [0.1, 0.15) is 29.6 Å². The van der Waals surface area contributed by atoms with Crippen LogP contribution in [0.3, 0.4) is 0 Å². The first-order chi connectivity index (χ1) is 16.1. The van der Waals surface area contributed by atoms with Crippen LogP contribution in [0.15, 0.2) is 18.2 Å². The molecule has 0 radical (unpaired) electrons. The summed E-state index contributed by atoms with van der Waals surface area (Å²) in [5.74, 6) is -0.687. The summed E-state index contributed by atoms with van der Waals surface area (Å²) in [6.07, 6.45) is -2.13. The van der Waals surface area contributed by atoms with E-state index in [1.165, 1.54) is 0 Å². The number of hydrogen-bond donors (Lipinski definition) is 1. The van der Waals surface area contributed by atoms with Gasteiger partial charge in [0.25, 0.3) is 5.91 Å². The molecule has 3 heterocycles. The third-order valence-electron chi connectivity index (χ3n) is 6.63. The lowest BCUT2D eigenvalue weighted by Crippen LogP contribution is -2.47. The van der Waals surface area contributed by atoms with E-state index in [4.69, 9.17) is 24.1 Å². The van der Waals surface area contributed by atoms with E-state index in [1.807, 2.05) is 23.1 Å². The van der Waals surface area contributed by atoms with Crippen LogP contribution in [0, 0.1) is 11.3 Å². The van der Waals surface area contributed by atoms with Crippen molar-refractivity contribution in [2.24, 2.45) is 11.3 Å². The number of carboxylic acids is 1. The summed E-state index contributed by atoms with van der Waals surface area (Å²) in [6.45, 7) is 5.90. The Labute approximate surface area is 196 Å². The summed E-state index contributed by atoms with van der Waals surface area (Å²) in [4.78, 5) is 26.3. The van der Waals surface area contributed by atoms with Gasteiger partial charge in [0, 0.05) is 51.2 Å². The molecule has 3 aliphatic rings. The number of carbonyl (C=O) groups excluding carboxylic acids is 1. The fourth-order valence-electron chi connectivity index (χ4n) is 4.93. The van der Waals surface area contributed by atoms with Crippen LogP contribution in [-0.2, 0) is 9.53 Å². The van der Waals surface area contributed by atoms with Crippen LogP contribution in [0.4, 0.5) is 13.2 Å². The molecule has 3 aliphatic heterocycles. The van der Waals surface area contributed by atoms with Crippen LogP contribution >= 0.6 is 0 Å². The number of nitrogens with zero attached hydrogens (tertiary/aromatic N) is 2. The Morgan fingerprint density at radius 1 is 1.18 bits per heavy atom. The molecule has 190 valence electrons. The van der Waals surface area contributed by atoms with Crippen molar-refractivity contribution >= 4 is 11.9 Å². The highest BCUT2D eigenvalue weighted by Gasteiger charge is 2.47. The first-order valence-electron chi connectivity index (χ1n) is 11.2. The maximum atomic E-state index is 13.0. The van der Waals surface area contributed by atoms with Crippen molar-refractivity contribution in [3.05, 3.63) is 23.8 Å². The van der Waals surface area contributed by atoms with Crippen molar-refractivity contribution in [1.82, 2.24) is 9.80 Å². The molecule has 1 aromatic carbocycles. The van der Waals surface area contributed by atoms with Crippen LogP contribution < -0.4 is 9.47 Å². The van der Waals surface area contributed by atoms with Crippen LogP contribution in [0.25, 0.3) is 0 Å². The van der Waals surface area contributed by atoms with Gasteiger partial charge in [-0.25, -0.2) is 4.79 Å². The second-order valence-corrected chi connectivity index (χ2v) is 9.02. The fourth-order valence-corrected chi connectivity index (χ4v) is 4.93. The van der Waals surface area contributed by atoms with Gasteiger partial charge >= 0.3 is 12.1 Å². The molecular weight excluding hydrogens is 457 g/mol. The number of alkyl halides is 3. The van der Waals surface area contributed by atoms with Gasteiger partial charge in [-0.1, -0.05) is 0 Å². The highest BCUT2D eigenvalue weighted by molar-refractivity contribution is 5.95. The average molecular weight is 489 g/mol. The molecule has 0 aliphatic carbocycles. The van der Waals surface area contributed by atoms with Crippen molar-refractivity contribution in [2.75, 3.05) is 60.2 Å². The molecule has 1 unspecified atom stereocenters. The highest BCUT2D eigenvalue weighted by atomic mass is 19.4. The van der Waals surface area contributed by atoms with Gasteiger partial charge in [0.2, 0.25) is 0 Å². The topological polar surface area (TPSA) is 88.5 Å². The number of hydrogen-bond acceptors (Lipinski definition) is 6. The standard InChI is InChI=1S/C21H30N2O4.C2HF3O2/c1-22-13-17(14-25-2)21(15-22)6-8-23(9-7-21)20(24)16-4-5-18-19(12-16)27-11-3-10-26-18;3-2(4,5)1(6)7/h4-5,12,17H,3,6-11,13-15H2,1-2H3;(H,6,7). The van der Waals surface area contributed by atoms with Crippen LogP contribution in [0.5, 0.6) is 11.5 Å². The molecule has 0 aromatic heterocycles. The molecule has 0 saturated carbocycles. The third-order valence-corrected chi connectivity index (χ3v) is 6.63. The molecule has 8 nitrogen and oxygen atoms in total. The highest BCUT2D eigenvalue weighted by Crippen LogP contribution is 2.44. The number of benzene rings is 1. The van der Waals surface area contributed by atoms with E-state index in [-0.39, 0.29) is 11.3 Å². The molecule has 1 atom stereocenters. The number of fused-ring (bicyclic) bond motifs is 1. The summed E-state index contributed by atoms with van der Waals surface area (Å²) in [6, 6.07) is 5.56. The Bertz CT molecular complexity index is 871. The molecule has 2 saturated heterocycles. The SMILES string of the molecule is COCC1CN(C)CC12CCN(C(=O)c1ccc3c(c1)OCCCO3)CC2.O=C(O)C(F)(F)F. The number of rotatable bonds is 3. The number of halogens is 3. The number of piperidine rings is 1. The molecule has 2 fully saturated rings. The quantitative estimate of drug-likeness (QED) is 0.700. The minimum absolute atomic E-state index is 0.0927. The number of carboxylic acid groups (broad SMARTS) is 1. The summed E-state index contributed by atoms with van der Waals surface area (Å²) >= 11 is 0. The number of carbonyl (C=O) groups is 2. The number of amides is 1. The Hall–Kier alpha value is -2.53. The third kappa shape index (κ3) is 6.12. The normalized spacial score (nSPS) is 22.0. The molecule has 11 heteroatoms. The zero-order chi connectivity index (χ0) is 24.9. The molecule has 4 rings (SSSR count). The van der Waals surface area contributed by atoms with Gasteiger partial charge in [-0.15, -0.1) is 0 Å². The van der Waals surface area contributed by atoms with Gasteiger partial charge in [0.15, 0.2) is 11.5 Å². The number of methoxy groups -OCH3 is 1. The van der Waals surface area contributed by atoms with Crippen molar-refractivity contribution in [2.45, 2.75) is 25.4 Å². The van der Waals surface area contributed by atoms with Gasteiger partial charge in [0.1, 0.15) is 0 Å². The molecule has 1 spiro atoms. The van der Waals surface area contributed by atoms with Crippen molar-refractivity contribution in [1.29, 1.82) is 0 Å². The lowest BCUT2D eigenvalue weighted by molar-refractivity contribution is -0.192. The Kier molecular flexibility index (Phi) is 8.29. The second kappa shape index (κ2) is 10.8. The zero-order valence-corrected chi connectivity index (χ0v) is 19.4. The van der Waals surface area contributed by atoms with Crippen LogP contribution in [-0.4, -0.2) is 93.1 Å². The minimum atomic E-state index is -5.08. The van der Waals surface area contributed by atoms with E-state index in [2.05, 4.69) is 11.9 Å².